The van der Waals surface area contributed by atoms with E-state index in [1.54, 1.807) is 11.0 Å². The van der Waals surface area contributed by atoms with Gasteiger partial charge in [-0.2, -0.15) is 5.10 Å². The largest absolute Gasteiger partial charge is 0.381 e. The van der Waals surface area contributed by atoms with Crippen molar-refractivity contribution in [2.45, 2.75) is 39.8 Å². The maximum Gasteiger partial charge on any atom is 0.169 e. The normalized spacial score (nSPS) is 11.3. The van der Waals surface area contributed by atoms with Gasteiger partial charge in [0.05, 0.1) is 5.69 Å². The summed E-state index contributed by atoms with van der Waals surface area (Å²) in [5, 5.41) is 12.1. The average Bonchev–Trinajstić information content (AvgIpc) is 2.86. The second-order valence-corrected chi connectivity index (χ2v) is 4.16. The van der Waals surface area contributed by atoms with Crippen molar-refractivity contribution in [1.82, 2.24) is 29.8 Å². The van der Waals surface area contributed by atoms with E-state index in [1.807, 2.05) is 11.6 Å². The van der Waals surface area contributed by atoms with Gasteiger partial charge in [-0.05, 0) is 12.8 Å². The van der Waals surface area contributed by atoms with Gasteiger partial charge in [0.1, 0.15) is 18.7 Å². The molecule has 0 aliphatic heterocycles. The topological polar surface area (TPSA) is 87.4 Å². The monoisotopic (exact) mass is 235 g/mol. The van der Waals surface area contributed by atoms with Gasteiger partial charge in [-0.1, -0.05) is 19.1 Å². The standard InChI is InChI=1S/C10H17N7/c1-4-16-8(12-6-13-16)5-17-9(7(2)3)10(11)14-15-17/h6-7H,4-5,11H2,1-3H3. The summed E-state index contributed by atoms with van der Waals surface area (Å²) in [6.45, 7) is 7.49. The molecular weight excluding hydrogens is 218 g/mol. The zero-order valence-electron chi connectivity index (χ0n) is 10.3. The van der Waals surface area contributed by atoms with Gasteiger partial charge in [0.25, 0.3) is 0 Å². The first kappa shape index (κ1) is 11.6. The highest BCUT2D eigenvalue weighted by molar-refractivity contribution is 5.35. The van der Waals surface area contributed by atoms with Gasteiger partial charge in [0.2, 0.25) is 0 Å². The van der Waals surface area contributed by atoms with Crippen LogP contribution >= 0.6 is 0 Å². The van der Waals surface area contributed by atoms with Gasteiger partial charge in [-0.25, -0.2) is 14.3 Å². The van der Waals surface area contributed by atoms with Crippen LogP contribution in [0.15, 0.2) is 6.33 Å². The molecule has 0 aliphatic carbocycles. The molecule has 0 bridgehead atoms. The van der Waals surface area contributed by atoms with Crippen LogP contribution in [0.25, 0.3) is 0 Å². The van der Waals surface area contributed by atoms with E-state index in [9.17, 15) is 0 Å². The summed E-state index contributed by atoms with van der Waals surface area (Å²) >= 11 is 0. The molecule has 2 aromatic heterocycles. The van der Waals surface area contributed by atoms with Crippen molar-refractivity contribution in [3.05, 3.63) is 17.8 Å². The minimum absolute atomic E-state index is 0.281. The third kappa shape index (κ3) is 2.13. The van der Waals surface area contributed by atoms with Crippen molar-refractivity contribution in [3.63, 3.8) is 0 Å². The van der Waals surface area contributed by atoms with Gasteiger partial charge >= 0.3 is 0 Å². The maximum atomic E-state index is 5.80. The van der Waals surface area contributed by atoms with E-state index in [2.05, 4.69) is 34.2 Å². The Labute approximate surface area is 99.6 Å². The van der Waals surface area contributed by atoms with Gasteiger partial charge in [0.15, 0.2) is 5.82 Å². The third-order valence-corrected chi connectivity index (χ3v) is 2.63. The Balaban J connectivity index is 2.30. The lowest BCUT2D eigenvalue weighted by Gasteiger charge is -2.09. The van der Waals surface area contributed by atoms with Crippen LogP contribution < -0.4 is 5.73 Å². The number of rotatable bonds is 4. The molecule has 0 fully saturated rings. The van der Waals surface area contributed by atoms with Crippen molar-refractivity contribution < 1.29 is 0 Å². The highest BCUT2D eigenvalue weighted by Gasteiger charge is 2.15. The van der Waals surface area contributed by atoms with Crippen LogP contribution in [0.4, 0.5) is 5.82 Å². The molecule has 7 nitrogen and oxygen atoms in total. The number of hydrogen-bond acceptors (Lipinski definition) is 5. The second kappa shape index (κ2) is 4.52. The van der Waals surface area contributed by atoms with Gasteiger partial charge < -0.3 is 5.73 Å². The summed E-state index contributed by atoms with van der Waals surface area (Å²) in [7, 11) is 0. The lowest BCUT2D eigenvalue weighted by molar-refractivity contribution is 0.536. The molecule has 0 spiro atoms. The first-order valence-electron chi connectivity index (χ1n) is 5.69. The predicted molar refractivity (Wildman–Crippen MR) is 63.3 cm³/mol. The van der Waals surface area contributed by atoms with Crippen LogP contribution in [0.5, 0.6) is 0 Å². The molecule has 0 saturated carbocycles. The summed E-state index contributed by atoms with van der Waals surface area (Å²) in [6.07, 6.45) is 1.55. The fraction of sp³-hybridized carbons (Fsp3) is 0.600. The van der Waals surface area contributed by atoms with E-state index in [-0.39, 0.29) is 5.92 Å². The van der Waals surface area contributed by atoms with Crippen LogP contribution in [-0.2, 0) is 13.1 Å². The van der Waals surface area contributed by atoms with Crippen molar-refractivity contribution >= 4 is 5.82 Å². The van der Waals surface area contributed by atoms with E-state index < -0.39 is 0 Å². The lowest BCUT2D eigenvalue weighted by Crippen LogP contribution is -2.13. The molecule has 0 radical (unpaired) electrons. The fourth-order valence-electron chi connectivity index (χ4n) is 1.85. The Hall–Kier alpha value is -1.92. The van der Waals surface area contributed by atoms with E-state index in [0.29, 0.717) is 12.4 Å². The predicted octanol–water partition coefficient (Wildman–Crippen LogP) is 0.643. The minimum Gasteiger partial charge on any atom is -0.381 e. The number of nitrogen functional groups attached to an aromatic ring is 1. The average molecular weight is 235 g/mol. The quantitative estimate of drug-likeness (QED) is 0.840. The van der Waals surface area contributed by atoms with E-state index in [0.717, 1.165) is 18.1 Å². The molecule has 2 heterocycles. The van der Waals surface area contributed by atoms with E-state index >= 15 is 0 Å². The Morgan fingerprint density at radius 2 is 2.12 bits per heavy atom. The molecule has 0 saturated heterocycles. The van der Waals surface area contributed by atoms with Crippen LogP contribution in [0.3, 0.4) is 0 Å². The van der Waals surface area contributed by atoms with E-state index in [1.165, 1.54) is 0 Å². The SMILES string of the molecule is CCn1ncnc1Cn1nnc(N)c1C(C)C. The lowest BCUT2D eigenvalue weighted by atomic mass is 10.1. The Kier molecular flexibility index (Phi) is 3.08. The minimum atomic E-state index is 0.281. The van der Waals surface area contributed by atoms with Crippen molar-refractivity contribution in [3.8, 4) is 0 Å². The Morgan fingerprint density at radius 1 is 1.35 bits per heavy atom. The molecular formula is C10H17N7. The summed E-state index contributed by atoms with van der Waals surface area (Å²) in [4.78, 5) is 4.21. The Bertz CT molecular complexity index is 496. The van der Waals surface area contributed by atoms with Gasteiger partial charge in [-0.3, -0.25) is 0 Å². The summed E-state index contributed by atoms with van der Waals surface area (Å²) in [6, 6.07) is 0. The zero-order valence-corrected chi connectivity index (χ0v) is 10.3. The van der Waals surface area contributed by atoms with Crippen molar-refractivity contribution in [2.24, 2.45) is 0 Å². The highest BCUT2D eigenvalue weighted by atomic mass is 15.5. The molecule has 0 amide bonds. The summed E-state index contributed by atoms with van der Waals surface area (Å²) < 4.78 is 3.62. The number of anilines is 1. The maximum absolute atomic E-state index is 5.80. The van der Waals surface area contributed by atoms with Crippen molar-refractivity contribution in [2.75, 3.05) is 5.73 Å². The van der Waals surface area contributed by atoms with Crippen molar-refractivity contribution in [1.29, 1.82) is 0 Å². The second-order valence-electron chi connectivity index (χ2n) is 4.16. The number of nitrogens with two attached hydrogens (primary N) is 1. The van der Waals surface area contributed by atoms with Crippen LogP contribution in [0.1, 0.15) is 38.2 Å². The number of nitrogens with zero attached hydrogens (tertiary/aromatic N) is 6. The molecule has 0 unspecified atom stereocenters. The summed E-state index contributed by atoms with van der Waals surface area (Å²) in [5.41, 5.74) is 6.74. The first-order chi connectivity index (χ1) is 8.13. The highest BCUT2D eigenvalue weighted by Crippen LogP contribution is 2.19. The van der Waals surface area contributed by atoms with E-state index in [4.69, 9.17) is 5.73 Å². The molecule has 2 N–H and O–H groups in total. The molecule has 0 aliphatic rings. The molecule has 7 heteroatoms. The molecule has 0 atom stereocenters. The molecule has 2 aromatic rings. The molecule has 17 heavy (non-hydrogen) atoms. The molecule has 0 aromatic carbocycles. The molecule has 2 rings (SSSR count). The van der Waals surface area contributed by atoms with Gasteiger partial charge in [0, 0.05) is 6.54 Å². The van der Waals surface area contributed by atoms with Crippen LogP contribution in [0, 0.1) is 0 Å². The fourth-order valence-corrected chi connectivity index (χ4v) is 1.85. The van der Waals surface area contributed by atoms with Crippen LogP contribution in [0.2, 0.25) is 0 Å². The smallest absolute Gasteiger partial charge is 0.169 e. The van der Waals surface area contributed by atoms with Crippen LogP contribution in [-0.4, -0.2) is 29.8 Å². The van der Waals surface area contributed by atoms with Gasteiger partial charge in [-0.15, -0.1) is 5.10 Å². The first-order valence-corrected chi connectivity index (χ1v) is 5.69. The zero-order chi connectivity index (χ0) is 12.4. The number of hydrogen-bond donors (Lipinski definition) is 1. The Morgan fingerprint density at radius 3 is 2.76 bits per heavy atom. The number of aromatic nitrogens is 6. The number of aryl methyl sites for hydroxylation is 1. The third-order valence-electron chi connectivity index (χ3n) is 2.63. The summed E-state index contributed by atoms with van der Waals surface area (Å²) in [5.74, 6) is 1.63. The molecule has 92 valence electrons.